The highest BCUT2D eigenvalue weighted by molar-refractivity contribution is 7.91. The quantitative estimate of drug-likeness (QED) is 0.900. The van der Waals surface area contributed by atoms with Gasteiger partial charge < -0.3 is 10.2 Å². The zero-order valence-corrected chi connectivity index (χ0v) is 11.7. The average molecular weight is 282 g/mol. The van der Waals surface area contributed by atoms with E-state index in [1.807, 2.05) is 30.3 Å². The summed E-state index contributed by atoms with van der Waals surface area (Å²) in [5, 5.41) is 2.38. The van der Waals surface area contributed by atoms with Gasteiger partial charge in [0.15, 0.2) is 9.84 Å². The van der Waals surface area contributed by atoms with E-state index in [0.29, 0.717) is 26.1 Å². The number of nitrogens with one attached hydrogen (secondary N) is 1. The van der Waals surface area contributed by atoms with Gasteiger partial charge in [0.05, 0.1) is 5.25 Å². The van der Waals surface area contributed by atoms with Crippen molar-refractivity contribution < 1.29 is 13.2 Å². The summed E-state index contributed by atoms with van der Waals surface area (Å²) in [5.41, 5.74) is 1.02. The van der Waals surface area contributed by atoms with Gasteiger partial charge in [0.25, 0.3) is 0 Å². The van der Waals surface area contributed by atoms with Crippen molar-refractivity contribution in [2.45, 2.75) is 18.2 Å². The Bertz CT molecular complexity index is 542. The first-order chi connectivity index (χ1) is 8.97. The van der Waals surface area contributed by atoms with Crippen molar-refractivity contribution in [2.75, 3.05) is 19.3 Å². The molecule has 0 saturated carbocycles. The van der Waals surface area contributed by atoms with E-state index in [-0.39, 0.29) is 6.03 Å². The molecule has 5 nitrogen and oxygen atoms in total. The maximum atomic E-state index is 11.9. The smallest absolute Gasteiger partial charge is 0.317 e. The number of hydrogen-bond acceptors (Lipinski definition) is 3. The number of rotatable bonds is 3. The van der Waals surface area contributed by atoms with Crippen molar-refractivity contribution in [3.8, 4) is 0 Å². The van der Waals surface area contributed by atoms with Crippen molar-refractivity contribution >= 4 is 15.9 Å². The van der Waals surface area contributed by atoms with Crippen LogP contribution in [-0.4, -0.2) is 43.9 Å². The second-order valence-corrected chi connectivity index (χ2v) is 7.16. The fourth-order valence-electron chi connectivity index (χ4n) is 2.15. The van der Waals surface area contributed by atoms with Crippen LogP contribution in [0.15, 0.2) is 30.3 Å². The predicted octanol–water partition coefficient (Wildman–Crippen LogP) is 1.02. The van der Waals surface area contributed by atoms with Crippen LogP contribution < -0.4 is 5.32 Å². The molecule has 2 rings (SSSR count). The highest BCUT2D eigenvalue weighted by Crippen LogP contribution is 2.16. The number of amides is 2. The van der Waals surface area contributed by atoms with E-state index in [4.69, 9.17) is 0 Å². The van der Waals surface area contributed by atoms with Gasteiger partial charge in [0.2, 0.25) is 0 Å². The summed E-state index contributed by atoms with van der Waals surface area (Å²) in [4.78, 5) is 13.5. The Morgan fingerprint density at radius 3 is 2.63 bits per heavy atom. The van der Waals surface area contributed by atoms with E-state index in [2.05, 4.69) is 5.32 Å². The number of nitrogens with zero attached hydrogens (tertiary/aromatic N) is 1. The van der Waals surface area contributed by atoms with Crippen LogP contribution in [0, 0.1) is 0 Å². The third-order valence-electron chi connectivity index (χ3n) is 3.32. The Morgan fingerprint density at radius 1 is 1.37 bits per heavy atom. The zero-order valence-electron chi connectivity index (χ0n) is 10.9. The summed E-state index contributed by atoms with van der Waals surface area (Å²) >= 11 is 0. The number of sulfone groups is 1. The molecule has 1 aromatic rings. The molecule has 19 heavy (non-hydrogen) atoms. The second kappa shape index (κ2) is 5.61. The summed E-state index contributed by atoms with van der Waals surface area (Å²) in [6, 6.07) is 9.42. The number of carbonyl (C=O) groups is 1. The van der Waals surface area contributed by atoms with Gasteiger partial charge in [-0.3, -0.25) is 0 Å². The first-order valence-electron chi connectivity index (χ1n) is 6.22. The van der Waals surface area contributed by atoms with Gasteiger partial charge in [-0.1, -0.05) is 30.3 Å². The zero-order chi connectivity index (χ0) is 13.9. The normalized spacial score (nSPS) is 19.4. The van der Waals surface area contributed by atoms with Crippen LogP contribution in [0.5, 0.6) is 0 Å². The van der Waals surface area contributed by atoms with E-state index < -0.39 is 15.1 Å². The lowest BCUT2D eigenvalue weighted by Crippen LogP contribution is -2.39. The Morgan fingerprint density at radius 2 is 2.05 bits per heavy atom. The van der Waals surface area contributed by atoms with Gasteiger partial charge in [-0.15, -0.1) is 0 Å². The molecule has 1 atom stereocenters. The Hall–Kier alpha value is -1.56. The Balaban J connectivity index is 1.85. The minimum Gasteiger partial charge on any atom is -0.334 e. The molecule has 6 heteroatoms. The van der Waals surface area contributed by atoms with E-state index in [9.17, 15) is 13.2 Å². The Kier molecular flexibility index (Phi) is 4.09. The number of urea groups is 1. The SMILES string of the molecule is CS(=O)(=O)C1CCN(C(=O)NCc2ccccc2)C1. The molecule has 0 aliphatic carbocycles. The molecule has 0 bridgehead atoms. The number of benzene rings is 1. The fourth-order valence-corrected chi connectivity index (χ4v) is 3.13. The largest absolute Gasteiger partial charge is 0.334 e. The number of likely N-dealkylation sites (tertiary alicyclic amines) is 1. The molecule has 0 spiro atoms. The lowest BCUT2D eigenvalue weighted by Gasteiger charge is -2.17. The lowest BCUT2D eigenvalue weighted by molar-refractivity contribution is 0.208. The summed E-state index contributed by atoms with van der Waals surface area (Å²) in [7, 11) is -3.06. The number of hydrogen-bond donors (Lipinski definition) is 1. The Labute approximate surface area is 113 Å². The van der Waals surface area contributed by atoms with Crippen molar-refractivity contribution in [3.05, 3.63) is 35.9 Å². The van der Waals surface area contributed by atoms with Gasteiger partial charge in [0, 0.05) is 25.9 Å². The average Bonchev–Trinajstić information content (AvgIpc) is 2.87. The van der Waals surface area contributed by atoms with Gasteiger partial charge in [-0.05, 0) is 12.0 Å². The monoisotopic (exact) mass is 282 g/mol. The molecule has 1 heterocycles. The van der Waals surface area contributed by atoms with Gasteiger partial charge in [0.1, 0.15) is 0 Å². The summed E-state index contributed by atoms with van der Waals surface area (Å²) in [6.45, 7) is 1.25. The first kappa shape index (κ1) is 13.9. The molecular formula is C13H18N2O3S. The second-order valence-electron chi connectivity index (χ2n) is 4.83. The van der Waals surface area contributed by atoms with Crippen molar-refractivity contribution in [2.24, 2.45) is 0 Å². The minimum atomic E-state index is -3.06. The molecule has 1 unspecified atom stereocenters. The van der Waals surface area contributed by atoms with E-state index >= 15 is 0 Å². The third-order valence-corrected chi connectivity index (χ3v) is 4.92. The molecule has 2 amide bonds. The first-order valence-corrected chi connectivity index (χ1v) is 8.18. The summed E-state index contributed by atoms with van der Waals surface area (Å²) in [6.07, 6.45) is 1.75. The maximum absolute atomic E-state index is 11.9. The maximum Gasteiger partial charge on any atom is 0.317 e. The van der Waals surface area contributed by atoms with Gasteiger partial charge in [-0.25, -0.2) is 13.2 Å². The topological polar surface area (TPSA) is 66.5 Å². The van der Waals surface area contributed by atoms with E-state index in [1.54, 1.807) is 4.90 Å². The lowest BCUT2D eigenvalue weighted by atomic mass is 10.2. The van der Waals surface area contributed by atoms with Gasteiger partial charge >= 0.3 is 6.03 Å². The molecule has 1 aromatic carbocycles. The van der Waals surface area contributed by atoms with Crippen molar-refractivity contribution in [3.63, 3.8) is 0 Å². The van der Waals surface area contributed by atoms with Crippen LogP contribution >= 0.6 is 0 Å². The molecule has 1 fully saturated rings. The molecule has 0 aromatic heterocycles. The highest BCUT2D eigenvalue weighted by Gasteiger charge is 2.32. The molecule has 1 saturated heterocycles. The molecule has 104 valence electrons. The minimum absolute atomic E-state index is 0.199. The number of carbonyl (C=O) groups excluding carboxylic acids is 1. The predicted molar refractivity (Wildman–Crippen MR) is 73.5 cm³/mol. The van der Waals surface area contributed by atoms with Crippen LogP contribution in [-0.2, 0) is 16.4 Å². The van der Waals surface area contributed by atoms with Crippen LogP contribution in [0.25, 0.3) is 0 Å². The standard InChI is InChI=1S/C13H18N2O3S/c1-19(17,18)12-7-8-15(10-12)13(16)14-9-11-5-3-2-4-6-11/h2-6,12H,7-10H2,1H3,(H,14,16). The molecule has 1 aliphatic heterocycles. The van der Waals surface area contributed by atoms with Crippen molar-refractivity contribution in [1.29, 1.82) is 0 Å². The van der Waals surface area contributed by atoms with Crippen molar-refractivity contribution in [1.82, 2.24) is 10.2 Å². The third kappa shape index (κ3) is 3.70. The fraction of sp³-hybridized carbons (Fsp3) is 0.462. The molecule has 1 aliphatic rings. The van der Waals surface area contributed by atoms with Crippen LogP contribution in [0.1, 0.15) is 12.0 Å². The van der Waals surface area contributed by atoms with Gasteiger partial charge in [-0.2, -0.15) is 0 Å². The summed E-state index contributed by atoms with van der Waals surface area (Å²) in [5.74, 6) is 0. The van der Waals surface area contributed by atoms with Crippen LogP contribution in [0.3, 0.4) is 0 Å². The molecule has 0 radical (unpaired) electrons. The van der Waals surface area contributed by atoms with Crippen LogP contribution in [0.2, 0.25) is 0 Å². The van der Waals surface area contributed by atoms with Crippen LogP contribution in [0.4, 0.5) is 4.79 Å². The molecule has 1 N–H and O–H groups in total. The highest BCUT2D eigenvalue weighted by atomic mass is 32.2. The molecular weight excluding hydrogens is 264 g/mol. The van der Waals surface area contributed by atoms with E-state index in [0.717, 1.165) is 5.56 Å². The van der Waals surface area contributed by atoms with E-state index in [1.165, 1.54) is 6.26 Å². The summed E-state index contributed by atoms with van der Waals surface area (Å²) < 4.78 is 22.8.